The van der Waals surface area contributed by atoms with E-state index in [1.807, 2.05) is 30.5 Å². The van der Waals surface area contributed by atoms with Crippen LogP contribution >= 0.6 is 23.6 Å². The molecule has 0 spiro atoms. The number of ether oxygens (including phenoxy) is 1. The first-order valence-corrected chi connectivity index (χ1v) is 13.1. The highest BCUT2D eigenvalue weighted by Gasteiger charge is 2.11. The van der Waals surface area contributed by atoms with Crippen molar-refractivity contribution in [2.45, 2.75) is 13.5 Å². The van der Waals surface area contributed by atoms with Crippen LogP contribution in [-0.2, 0) is 15.6 Å². The van der Waals surface area contributed by atoms with E-state index in [0.29, 0.717) is 46.8 Å². The van der Waals surface area contributed by atoms with E-state index in [0.717, 1.165) is 16.5 Å². The van der Waals surface area contributed by atoms with Gasteiger partial charge in [0.05, 0.1) is 17.1 Å². The van der Waals surface area contributed by atoms with Crippen molar-refractivity contribution in [3.8, 4) is 17.6 Å². The first kappa shape index (κ1) is 27.2. The van der Waals surface area contributed by atoms with Gasteiger partial charge >= 0.3 is 0 Å². The lowest BCUT2D eigenvalue weighted by Gasteiger charge is -2.12. The fraction of sp³-hybridized carbons (Fsp3) is 0.179. The van der Waals surface area contributed by atoms with Gasteiger partial charge in [-0.15, -0.1) is 0 Å². The van der Waals surface area contributed by atoms with Crippen LogP contribution in [0.1, 0.15) is 18.1 Å². The van der Waals surface area contributed by atoms with Crippen molar-refractivity contribution in [1.82, 2.24) is 9.97 Å². The Morgan fingerprint density at radius 2 is 2.00 bits per heavy atom. The Morgan fingerprint density at radius 3 is 2.79 bits per heavy atom. The summed E-state index contributed by atoms with van der Waals surface area (Å²) in [6.45, 7) is 2.65. The number of benzene rings is 3. The molecule has 7 nitrogen and oxygen atoms in total. The van der Waals surface area contributed by atoms with Gasteiger partial charge in [0.25, 0.3) is 0 Å². The maximum atomic E-state index is 13.4. The number of hydrogen-bond acceptors (Lipinski definition) is 8. The van der Waals surface area contributed by atoms with Crippen LogP contribution in [0.25, 0.3) is 10.9 Å². The molecule has 0 atom stereocenters. The third kappa shape index (κ3) is 7.35. The first-order chi connectivity index (χ1) is 18.6. The summed E-state index contributed by atoms with van der Waals surface area (Å²) >= 11 is 7.74. The highest BCUT2D eigenvalue weighted by molar-refractivity contribution is 7.93. The number of hydrogen-bond donors (Lipinski definition) is 1. The highest BCUT2D eigenvalue weighted by Crippen LogP contribution is 2.31. The van der Waals surface area contributed by atoms with Crippen LogP contribution in [-0.4, -0.2) is 35.1 Å². The van der Waals surface area contributed by atoms with E-state index >= 15 is 0 Å². The van der Waals surface area contributed by atoms with Gasteiger partial charge in [-0.2, -0.15) is 0 Å². The monoisotopic (exact) mass is 550 g/mol. The van der Waals surface area contributed by atoms with E-state index in [1.165, 1.54) is 30.5 Å². The van der Waals surface area contributed by atoms with Crippen LogP contribution in [0, 0.1) is 17.7 Å². The molecule has 38 heavy (non-hydrogen) atoms. The minimum atomic E-state index is -0.314. The predicted molar refractivity (Wildman–Crippen MR) is 150 cm³/mol. The lowest BCUT2D eigenvalue weighted by Crippen LogP contribution is -2.03. The number of anilines is 2. The molecule has 10 heteroatoms. The summed E-state index contributed by atoms with van der Waals surface area (Å²) in [7, 11) is 0. The maximum Gasteiger partial charge on any atom is 0.159 e. The van der Waals surface area contributed by atoms with Crippen molar-refractivity contribution >= 4 is 51.8 Å². The van der Waals surface area contributed by atoms with E-state index in [9.17, 15) is 4.39 Å². The van der Waals surface area contributed by atoms with E-state index in [2.05, 4.69) is 32.3 Å². The summed E-state index contributed by atoms with van der Waals surface area (Å²) in [5, 5.41) is 8.65. The predicted octanol–water partition coefficient (Wildman–Crippen LogP) is 6.78. The Labute approximate surface area is 229 Å². The molecule has 0 fully saturated rings. The molecule has 4 aromatic rings. The van der Waals surface area contributed by atoms with Crippen LogP contribution < -0.4 is 10.1 Å². The van der Waals surface area contributed by atoms with Crippen molar-refractivity contribution in [1.29, 1.82) is 0 Å². The Kier molecular flexibility index (Phi) is 9.76. The molecule has 0 saturated heterocycles. The summed E-state index contributed by atoms with van der Waals surface area (Å²) in [6.07, 6.45) is 3.32. The zero-order chi connectivity index (χ0) is 26.7. The third-order valence-electron chi connectivity index (χ3n) is 5.16. The summed E-state index contributed by atoms with van der Waals surface area (Å²) in [5.74, 6) is 6.60. The van der Waals surface area contributed by atoms with Gasteiger partial charge in [-0.3, -0.25) is 0 Å². The highest BCUT2D eigenvalue weighted by atomic mass is 35.5. The van der Waals surface area contributed by atoms with E-state index in [4.69, 9.17) is 25.4 Å². The van der Waals surface area contributed by atoms with E-state index in [-0.39, 0.29) is 12.4 Å². The van der Waals surface area contributed by atoms with Gasteiger partial charge in [-0.05, 0) is 79.0 Å². The fourth-order valence-corrected chi connectivity index (χ4v) is 3.92. The van der Waals surface area contributed by atoms with Gasteiger partial charge in [0, 0.05) is 22.9 Å². The second-order valence-corrected chi connectivity index (χ2v) is 8.76. The normalized spacial score (nSPS) is 11.1. The lowest BCUT2D eigenvalue weighted by molar-refractivity contribution is 0.115. The van der Waals surface area contributed by atoms with Crippen molar-refractivity contribution < 1.29 is 18.1 Å². The standard InChI is InChI=1S/C28H24ClFN4O3S/c1-3-5-25(34-36-12-13-37-38-2)20-8-10-26-23(15-20)28(32-18-31-26)33-22-9-11-27(24(29)16-22)35-17-19-6-4-7-21(30)14-19/h4,6-11,14-16,18H,12-13,17H2,1-2H3,(H,31,32,33)/b34-25+. The summed E-state index contributed by atoms with van der Waals surface area (Å²) in [5.41, 5.74) is 3.40. The second kappa shape index (κ2) is 13.6. The first-order valence-electron chi connectivity index (χ1n) is 11.5. The largest absolute Gasteiger partial charge is 0.487 e. The molecule has 4 rings (SSSR count). The van der Waals surface area contributed by atoms with Crippen LogP contribution in [0.2, 0.25) is 5.02 Å². The van der Waals surface area contributed by atoms with E-state index in [1.54, 1.807) is 31.2 Å². The SMILES string of the molecule is CC#C/C(=N\OCCOSC)c1ccc2ncnc(Nc3ccc(OCc4cccc(F)c4)c(Cl)c3)c2c1. The molecule has 1 heterocycles. The molecule has 1 N–H and O–H groups in total. The summed E-state index contributed by atoms with van der Waals surface area (Å²) in [6, 6.07) is 17.2. The quantitative estimate of drug-likeness (QED) is 0.0724. The maximum absolute atomic E-state index is 13.4. The zero-order valence-electron chi connectivity index (χ0n) is 20.7. The average molecular weight is 551 g/mol. The van der Waals surface area contributed by atoms with Gasteiger partial charge in [-0.1, -0.05) is 34.8 Å². The topological polar surface area (TPSA) is 77.9 Å². The van der Waals surface area contributed by atoms with Gasteiger partial charge in [0.2, 0.25) is 0 Å². The zero-order valence-corrected chi connectivity index (χ0v) is 22.3. The van der Waals surface area contributed by atoms with Gasteiger partial charge in [0.1, 0.15) is 36.9 Å². The van der Waals surface area contributed by atoms with Crippen LogP contribution in [0.4, 0.5) is 15.9 Å². The summed E-state index contributed by atoms with van der Waals surface area (Å²) in [4.78, 5) is 14.2. The Hall–Kier alpha value is -3.84. The fourth-order valence-electron chi connectivity index (χ4n) is 3.45. The van der Waals surface area contributed by atoms with Crippen molar-refractivity contribution in [3.63, 3.8) is 0 Å². The van der Waals surface area contributed by atoms with Crippen LogP contribution in [0.15, 0.2) is 72.1 Å². The third-order valence-corrected chi connectivity index (χ3v) is 5.86. The molecule has 0 bridgehead atoms. The Morgan fingerprint density at radius 1 is 1.11 bits per heavy atom. The smallest absolute Gasteiger partial charge is 0.159 e. The molecule has 0 radical (unpaired) electrons. The van der Waals surface area contributed by atoms with Crippen molar-refractivity contribution in [3.05, 3.63) is 89.0 Å². The number of fused-ring (bicyclic) bond motifs is 1. The molecule has 194 valence electrons. The lowest BCUT2D eigenvalue weighted by atomic mass is 10.1. The Bertz CT molecular complexity index is 1510. The average Bonchev–Trinajstić information content (AvgIpc) is 2.92. The molecular weight excluding hydrogens is 527 g/mol. The summed E-state index contributed by atoms with van der Waals surface area (Å²) < 4.78 is 24.4. The molecule has 0 aliphatic heterocycles. The molecule has 3 aromatic carbocycles. The number of nitrogens with one attached hydrogen (secondary N) is 1. The van der Waals surface area contributed by atoms with Crippen molar-refractivity contribution in [2.75, 3.05) is 24.8 Å². The van der Waals surface area contributed by atoms with Crippen LogP contribution in [0.3, 0.4) is 0 Å². The number of nitrogens with zero attached hydrogens (tertiary/aromatic N) is 3. The molecule has 0 aliphatic carbocycles. The number of oxime groups is 1. The minimum Gasteiger partial charge on any atom is -0.487 e. The molecule has 0 unspecified atom stereocenters. The number of aromatic nitrogens is 2. The molecule has 0 saturated carbocycles. The second-order valence-electron chi connectivity index (χ2n) is 7.78. The number of halogens is 2. The van der Waals surface area contributed by atoms with Crippen LogP contribution in [0.5, 0.6) is 5.75 Å². The van der Waals surface area contributed by atoms with Gasteiger partial charge in [0.15, 0.2) is 5.71 Å². The molecule has 0 aliphatic rings. The molecule has 0 amide bonds. The van der Waals surface area contributed by atoms with E-state index < -0.39 is 0 Å². The number of rotatable bonds is 11. The van der Waals surface area contributed by atoms with Crippen molar-refractivity contribution in [2.24, 2.45) is 5.16 Å². The Balaban J connectivity index is 1.53. The molecular formula is C28H24ClFN4O3S. The molecule has 1 aromatic heterocycles. The van der Waals surface area contributed by atoms with Gasteiger partial charge < -0.3 is 19.1 Å². The van der Waals surface area contributed by atoms with Gasteiger partial charge in [-0.25, -0.2) is 14.4 Å². The minimum absolute atomic E-state index is 0.197.